The number of hydrogen-bond acceptors (Lipinski definition) is 3. The van der Waals surface area contributed by atoms with Gasteiger partial charge in [-0.05, 0) is 57.6 Å². The summed E-state index contributed by atoms with van der Waals surface area (Å²) in [5, 5.41) is 8.96. The summed E-state index contributed by atoms with van der Waals surface area (Å²) in [6.07, 6.45) is 0. The Balaban J connectivity index is 3.26. The Morgan fingerprint density at radius 1 is 1.67 bits per heavy atom. The fourth-order valence-electron chi connectivity index (χ4n) is 1.04. The molecule has 0 aliphatic rings. The van der Waals surface area contributed by atoms with E-state index in [1.165, 1.54) is 0 Å². The topological polar surface area (TPSA) is 50.1 Å². The second-order valence-corrected chi connectivity index (χ2v) is 4.55. The number of benzene rings is 1. The van der Waals surface area contributed by atoms with Crippen LogP contribution in [-0.4, -0.2) is 12.6 Å². The Labute approximate surface area is 110 Å². The van der Waals surface area contributed by atoms with Crippen molar-refractivity contribution in [2.75, 3.05) is 6.61 Å². The van der Waals surface area contributed by atoms with Gasteiger partial charge in [-0.2, -0.15) is 5.26 Å². The van der Waals surface area contributed by atoms with E-state index in [1.54, 1.807) is 19.1 Å². The molecule has 15 heavy (non-hydrogen) atoms. The SMILES string of the molecule is CCOC(=O)c1ccc(Br)c(I)c1C#N. The molecule has 0 heterocycles. The Morgan fingerprint density at radius 2 is 2.33 bits per heavy atom. The van der Waals surface area contributed by atoms with Gasteiger partial charge in [0, 0.05) is 8.04 Å². The maximum Gasteiger partial charge on any atom is 0.339 e. The van der Waals surface area contributed by atoms with E-state index < -0.39 is 5.97 Å². The van der Waals surface area contributed by atoms with Crippen molar-refractivity contribution in [3.8, 4) is 6.07 Å². The molecule has 1 aromatic rings. The Morgan fingerprint density at radius 3 is 2.87 bits per heavy atom. The quantitative estimate of drug-likeness (QED) is 0.586. The normalized spacial score (nSPS) is 9.47. The zero-order chi connectivity index (χ0) is 11.4. The average molecular weight is 380 g/mol. The Hall–Kier alpha value is -0.610. The van der Waals surface area contributed by atoms with Crippen LogP contribution in [0.5, 0.6) is 0 Å². The molecule has 1 aromatic carbocycles. The van der Waals surface area contributed by atoms with Gasteiger partial charge in [0.1, 0.15) is 6.07 Å². The highest BCUT2D eigenvalue weighted by atomic mass is 127. The lowest BCUT2D eigenvalue weighted by molar-refractivity contribution is 0.0526. The Kier molecular flexibility index (Phi) is 4.54. The third-order valence-electron chi connectivity index (χ3n) is 1.70. The fourth-order valence-corrected chi connectivity index (χ4v) is 1.96. The lowest BCUT2D eigenvalue weighted by Crippen LogP contribution is -2.08. The summed E-state index contributed by atoms with van der Waals surface area (Å²) >= 11 is 5.31. The third-order valence-corrected chi connectivity index (χ3v) is 4.22. The molecular formula is C10H7BrINO2. The number of ether oxygens (including phenoxy) is 1. The van der Waals surface area contributed by atoms with Gasteiger partial charge >= 0.3 is 5.97 Å². The van der Waals surface area contributed by atoms with Gasteiger partial charge in [-0.3, -0.25) is 0 Å². The van der Waals surface area contributed by atoms with Crippen molar-refractivity contribution in [1.82, 2.24) is 0 Å². The fraction of sp³-hybridized carbons (Fsp3) is 0.200. The van der Waals surface area contributed by atoms with E-state index in [0.29, 0.717) is 17.7 Å². The second-order valence-electron chi connectivity index (χ2n) is 2.62. The number of carbonyl (C=O) groups excluding carboxylic acids is 1. The summed E-state index contributed by atoms with van der Waals surface area (Å²) in [6, 6.07) is 5.32. The molecule has 0 bridgehead atoms. The first-order valence-corrected chi connectivity index (χ1v) is 6.04. The molecule has 0 saturated heterocycles. The summed E-state index contributed by atoms with van der Waals surface area (Å²) in [5.41, 5.74) is 0.662. The molecule has 0 amide bonds. The molecule has 0 aliphatic heterocycles. The molecule has 5 heteroatoms. The van der Waals surface area contributed by atoms with Crippen LogP contribution in [0, 0.1) is 14.9 Å². The highest BCUT2D eigenvalue weighted by molar-refractivity contribution is 14.1. The van der Waals surface area contributed by atoms with E-state index in [0.717, 1.165) is 8.04 Å². The van der Waals surface area contributed by atoms with E-state index >= 15 is 0 Å². The largest absolute Gasteiger partial charge is 0.462 e. The lowest BCUT2D eigenvalue weighted by atomic mass is 10.1. The molecule has 0 aliphatic carbocycles. The van der Waals surface area contributed by atoms with Crippen LogP contribution in [0.1, 0.15) is 22.8 Å². The minimum Gasteiger partial charge on any atom is -0.462 e. The number of rotatable bonds is 2. The van der Waals surface area contributed by atoms with Gasteiger partial charge in [0.2, 0.25) is 0 Å². The Bertz CT molecular complexity index is 440. The first kappa shape index (κ1) is 12.5. The van der Waals surface area contributed by atoms with Gasteiger partial charge in [0.25, 0.3) is 0 Å². The lowest BCUT2D eigenvalue weighted by Gasteiger charge is -2.06. The van der Waals surface area contributed by atoms with E-state index in [4.69, 9.17) is 10.00 Å². The number of esters is 1. The monoisotopic (exact) mass is 379 g/mol. The van der Waals surface area contributed by atoms with Gasteiger partial charge in [-0.1, -0.05) is 0 Å². The number of carbonyl (C=O) groups is 1. The van der Waals surface area contributed by atoms with E-state index in [9.17, 15) is 4.79 Å². The zero-order valence-electron chi connectivity index (χ0n) is 7.88. The first-order chi connectivity index (χ1) is 7.11. The average Bonchev–Trinajstić information content (AvgIpc) is 2.22. The third kappa shape index (κ3) is 2.69. The van der Waals surface area contributed by atoms with Crippen molar-refractivity contribution >= 4 is 44.5 Å². The molecule has 0 spiro atoms. The molecule has 3 nitrogen and oxygen atoms in total. The van der Waals surface area contributed by atoms with E-state index in [2.05, 4.69) is 15.9 Å². The van der Waals surface area contributed by atoms with E-state index in [-0.39, 0.29) is 0 Å². The van der Waals surface area contributed by atoms with Crippen molar-refractivity contribution in [2.45, 2.75) is 6.92 Å². The molecular weight excluding hydrogens is 373 g/mol. The van der Waals surface area contributed by atoms with Crippen molar-refractivity contribution in [3.63, 3.8) is 0 Å². The molecule has 0 fully saturated rings. The molecule has 0 aromatic heterocycles. The number of hydrogen-bond donors (Lipinski definition) is 0. The highest BCUT2D eigenvalue weighted by Crippen LogP contribution is 2.25. The van der Waals surface area contributed by atoms with Gasteiger partial charge in [-0.15, -0.1) is 0 Å². The summed E-state index contributed by atoms with van der Waals surface area (Å²) in [6.45, 7) is 2.03. The van der Waals surface area contributed by atoms with Crippen LogP contribution >= 0.6 is 38.5 Å². The molecule has 0 saturated carbocycles. The highest BCUT2D eigenvalue weighted by Gasteiger charge is 2.16. The first-order valence-electron chi connectivity index (χ1n) is 4.17. The maximum absolute atomic E-state index is 11.5. The number of halogens is 2. The van der Waals surface area contributed by atoms with Crippen molar-refractivity contribution in [2.24, 2.45) is 0 Å². The van der Waals surface area contributed by atoms with Gasteiger partial charge in [0.05, 0.1) is 17.7 Å². The smallest absolute Gasteiger partial charge is 0.339 e. The minimum atomic E-state index is -0.459. The van der Waals surface area contributed by atoms with Gasteiger partial charge in [0.15, 0.2) is 0 Å². The predicted molar refractivity (Wildman–Crippen MR) is 67.5 cm³/mol. The van der Waals surface area contributed by atoms with Gasteiger partial charge < -0.3 is 4.74 Å². The summed E-state index contributed by atoms with van der Waals surface area (Å²) in [5.74, 6) is -0.459. The number of nitriles is 1. The molecule has 0 atom stereocenters. The van der Waals surface area contributed by atoms with Crippen LogP contribution in [0.25, 0.3) is 0 Å². The summed E-state index contributed by atoms with van der Waals surface area (Å²) in [7, 11) is 0. The molecule has 78 valence electrons. The van der Waals surface area contributed by atoms with Crippen molar-refractivity contribution < 1.29 is 9.53 Å². The van der Waals surface area contributed by atoms with E-state index in [1.807, 2.05) is 28.7 Å². The van der Waals surface area contributed by atoms with Crippen LogP contribution in [0.2, 0.25) is 0 Å². The summed E-state index contributed by atoms with van der Waals surface area (Å²) in [4.78, 5) is 11.5. The van der Waals surface area contributed by atoms with Crippen LogP contribution in [0.3, 0.4) is 0 Å². The minimum absolute atomic E-state index is 0.302. The second kappa shape index (κ2) is 5.47. The summed E-state index contributed by atoms with van der Waals surface area (Å²) < 4.78 is 6.38. The molecule has 1 rings (SSSR count). The van der Waals surface area contributed by atoms with Gasteiger partial charge in [-0.25, -0.2) is 4.79 Å². The standard InChI is InChI=1S/C10H7BrINO2/c1-2-15-10(14)6-3-4-8(11)9(12)7(6)5-13/h3-4H,2H2,1H3. The predicted octanol–water partition coefficient (Wildman–Crippen LogP) is 3.10. The molecule has 0 unspecified atom stereocenters. The van der Waals surface area contributed by atoms with Crippen LogP contribution in [-0.2, 0) is 4.74 Å². The molecule has 0 N–H and O–H groups in total. The maximum atomic E-state index is 11.5. The van der Waals surface area contributed by atoms with Crippen molar-refractivity contribution in [3.05, 3.63) is 31.3 Å². The van der Waals surface area contributed by atoms with Crippen LogP contribution in [0.15, 0.2) is 16.6 Å². The zero-order valence-corrected chi connectivity index (χ0v) is 11.6. The van der Waals surface area contributed by atoms with Crippen molar-refractivity contribution in [1.29, 1.82) is 5.26 Å². The number of nitrogens with zero attached hydrogens (tertiary/aromatic N) is 1. The van der Waals surface area contributed by atoms with Crippen LogP contribution < -0.4 is 0 Å². The molecule has 0 radical (unpaired) electrons. The van der Waals surface area contributed by atoms with Crippen LogP contribution in [0.4, 0.5) is 0 Å².